The van der Waals surface area contributed by atoms with Gasteiger partial charge in [-0.2, -0.15) is 0 Å². The zero-order chi connectivity index (χ0) is 24.9. The zero-order valence-corrected chi connectivity index (χ0v) is 26.4. The van der Waals surface area contributed by atoms with Gasteiger partial charge in [0, 0.05) is 0 Å². The first kappa shape index (κ1) is 29.2. The Labute approximate surface area is 219 Å². The normalized spacial score (nSPS) is 34.5. The van der Waals surface area contributed by atoms with E-state index in [9.17, 15) is 5.11 Å². The number of fused-ring (bicyclic) bond motifs is 2. The van der Waals surface area contributed by atoms with Crippen LogP contribution >= 0.6 is 11.6 Å². The van der Waals surface area contributed by atoms with E-state index in [0.29, 0.717) is 0 Å². The van der Waals surface area contributed by atoms with Gasteiger partial charge in [-0.1, -0.05) is 0 Å². The second-order valence-corrected chi connectivity index (χ2v) is 25.1. The zero-order valence-electron chi connectivity index (χ0n) is 22.8. The van der Waals surface area contributed by atoms with Crippen LogP contribution in [0.4, 0.5) is 0 Å². The van der Waals surface area contributed by atoms with E-state index in [2.05, 4.69) is 36.7 Å². The molecule has 0 unspecified atom stereocenters. The minimum atomic E-state index is -2.51. The Balaban J connectivity index is 2.00. The van der Waals surface area contributed by atoms with E-state index < -0.39 is 30.3 Å². The number of nitrogens with zero attached hydrogens (tertiary/aromatic N) is 1. The van der Waals surface area contributed by atoms with Crippen molar-refractivity contribution < 1.29 is 14.6 Å². The van der Waals surface area contributed by atoms with Gasteiger partial charge >= 0.3 is 220 Å². The minimum absolute atomic E-state index is 0.0477. The summed E-state index contributed by atoms with van der Waals surface area (Å²) in [5.41, 5.74) is 1.55. The SMILES string of the molecule is CCCCN1C/C(=[CH]\[Sn]([CH2]CCC)([CH2]CCC)[CH2]CCC)[C@H]2[C@@H](Cl)[C@H]3OC(C)(C)O[C@H]3[C@H](O)[C@H]21. The van der Waals surface area contributed by atoms with Crippen LogP contribution in [0.25, 0.3) is 0 Å². The van der Waals surface area contributed by atoms with Gasteiger partial charge in [0.25, 0.3) is 0 Å². The summed E-state index contributed by atoms with van der Waals surface area (Å²) in [5.74, 6) is -0.514. The molecular weight excluding hydrogens is 552 g/mol. The molecule has 0 amide bonds. The van der Waals surface area contributed by atoms with Gasteiger partial charge in [0.05, 0.1) is 0 Å². The molecule has 4 nitrogen and oxygen atoms in total. The summed E-state index contributed by atoms with van der Waals surface area (Å²) >= 11 is 4.78. The third-order valence-corrected chi connectivity index (χ3v) is 23.4. The summed E-state index contributed by atoms with van der Waals surface area (Å²) in [4.78, 5) is 2.54. The van der Waals surface area contributed by atoms with Crippen molar-refractivity contribution in [1.82, 2.24) is 4.90 Å². The average molecular weight is 605 g/mol. The van der Waals surface area contributed by atoms with E-state index in [1.54, 1.807) is 5.57 Å². The van der Waals surface area contributed by atoms with Gasteiger partial charge in [0.15, 0.2) is 0 Å². The number of hydrogen-bond acceptors (Lipinski definition) is 4. The third-order valence-electron chi connectivity index (χ3n) is 8.49. The van der Waals surface area contributed by atoms with Crippen molar-refractivity contribution in [3.05, 3.63) is 9.67 Å². The van der Waals surface area contributed by atoms with E-state index >= 15 is 0 Å². The summed E-state index contributed by atoms with van der Waals surface area (Å²) in [6, 6.07) is 0.0477. The molecule has 0 aromatic rings. The fraction of sp³-hybridized carbons (Fsp3) is 0.929. The number of unbranched alkanes of at least 4 members (excludes halogenated alkanes) is 4. The number of likely N-dealkylation sites (tertiary alicyclic amines) is 1. The predicted octanol–water partition coefficient (Wildman–Crippen LogP) is 6.90. The molecule has 1 saturated carbocycles. The number of rotatable bonds is 13. The topological polar surface area (TPSA) is 41.9 Å². The second-order valence-electron chi connectivity index (χ2n) is 11.7. The fourth-order valence-electron chi connectivity index (χ4n) is 6.74. The van der Waals surface area contributed by atoms with Crippen LogP contribution in [0.3, 0.4) is 0 Å². The first-order valence-corrected chi connectivity index (χ1v) is 22.5. The Morgan fingerprint density at radius 2 is 1.47 bits per heavy atom. The number of hydrogen-bond donors (Lipinski definition) is 1. The maximum atomic E-state index is 11.6. The molecule has 3 rings (SSSR count). The summed E-state index contributed by atoms with van der Waals surface area (Å²) in [7, 11) is 0. The average Bonchev–Trinajstić information content (AvgIpc) is 3.34. The molecule has 2 aliphatic heterocycles. The van der Waals surface area contributed by atoms with Gasteiger partial charge < -0.3 is 0 Å². The molecule has 2 saturated heterocycles. The molecule has 2 heterocycles. The summed E-state index contributed by atoms with van der Waals surface area (Å²) in [5, 5.41) is 11.4. The van der Waals surface area contributed by atoms with Crippen molar-refractivity contribution in [2.24, 2.45) is 5.92 Å². The molecule has 1 N–H and O–H groups in total. The summed E-state index contributed by atoms with van der Waals surface area (Å²) < 4.78 is 19.8. The van der Waals surface area contributed by atoms with Gasteiger partial charge in [-0.05, 0) is 0 Å². The first-order valence-electron chi connectivity index (χ1n) is 14.4. The molecule has 0 bridgehead atoms. The molecule has 3 aliphatic rings. The van der Waals surface area contributed by atoms with Crippen LogP contribution in [-0.2, 0) is 9.47 Å². The molecule has 0 spiro atoms. The monoisotopic (exact) mass is 605 g/mol. The van der Waals surface area contributed by atoms with E-state index in [1.807, 2.05) is 13.8 Å². The van der Waals surface area contributed by atoms with Gasteiger partial charge in [0.1, 0.15) is 0 Å². The molecule has 198 valence electrons. The van der Waals surface area contributed by atoms with Crippen molar-refractivity contribution >= 4 is 30.0 Å². The van der Waals surface area contributed by atoms with Gasteiger partial charge in [-0.3, -0.25) is 0 Å². The van der Waals surface area contributed by atoms with Gasteiger partial charge in [-0.15, -0.1) is 0 Å². The number of ether oxygens (including phenoxy) is 2. The Bertz CT molecular complexity index is 650. The van der Waals surface area contributed by atoms with Crippen molar-refractivity contribution in [2.45, 2.75) is 142 Å². The molecule has 3 fully saturated rings. The Kier molecular flexibility index (Phi) is 11.1. The first-order chi connectivity index (χ1) is 16.2. The van der Waals surface area contributed by atoms with Crippen molar-refractivity contribution in [2.75, 3.05) is 13.1 Å². The van der Waals surface area contributed by atoms with Crippen LogP contribution in [0.2, 0.25) is 13.3 Å². The van der Waals surface area contributed by atoms with E-state index in [4.69, 9.17) is 21.1 Å². The summed E-state index contributed by atoms with van der Waals surface area (Å²) in [6.45, 7) is 15.2. The van der Waals surface area contributed by atoms with E-state index in [0.717, 1.165) is 19.5 Å². The molecule has 0 aromatic carbocycles. The number of aliphatic hydroxyl groups excluding tert-OH is 1. The van der Waals surface area contributed by atoms with Crippen LogP contribution in [0.15, 0.2) is 9.67 Å². The number of aliphatic hydroxyl groups is 1. The molecule has 1 aliphatic carbocycles. The van der Waals surface area contributed by atoms with Crippen LogP contribution in [0.5, 0.6) is 0 Å². The van der Waals surface area contributed by atoms with Crippen molar-refractivity contribution in [1.29, 1.82) is 0 Å². The number of alkyl halides is 1. The van der Waals surface area contributed by atoms with Crippen LogP contribution < -0.4 is 0 Å². The maximum absolute atomic E-state index is 11.6. The second kappa shape index (κ2) is 13.0. The molecular formula is C28H52ClNO3Sn. The quantitative estimate of drug-likeness (QED) is 0.183. The van der Waals surface area contributed by atoms with Crippen molar-refractivity contribution in [3.8, 4) is 0 Å². The number of halogens is 1. The van der Waals surface area contributed by atoms with Gasteiger partial charge in [0.2, 0.25) is 0 Å². The predicted molar refractivity (Wildman–Crippen MR) is 146 cm³/mol. The Morgan fingerprint density at radius 1 is 0.941 bits per heavy atom. The van der Waals surface area contributed by atoms with Crippen LogP contribution in [-0.4, -0.2) is 77.0 Å². The van der Waals surface area contributed by atoms with E-state index in [1.165, 1.54) is 58.3 Å². The van der Waals surface area contributed by atoms with Crippen LogP contribution in [0, 0.1) is 5.92 Å². The third kappa shape index (κ3) is 6.56. The molecule has 0 aromatic heterocycles. The fourth-order valence-corrected chi connectivity index (χ4v) is 22.7. The van der Waals surface area contributed by atoms with Crippen molar-refractivity contribution in [3.63, 3.8) is 0 Å². The molecule has 34 heavy (non-hydrogen) atoms. The van der Waals surface area contributed by atoms with Crippen LogP contribution in [0.1, 0.15) is 92.9 Å². The molecule has 6 heteroatoms. The Morgan fingerprint density at radius 3 is 2.00 bits per heavy atom. The molecule has 6 atom stereocenters. The molecule has 0 radical (unpaired) electrons. The van der Waals surface area contributed by atoms with E-state index in [-0.39, 0.29) is 29.5 Å². The van der Waals surface area contributed by atoms with Gasteiger partial charge in [-0.25, -0.2) is 0 Å². The standard InChI is InChI=1S/C16H25ClNO3.3C4H9.Sn/c1-5-6-7-18-8-9(2)10-11(17)14-15(13(19)12(10)18)21-16(3,4)20-14;3*1-3-4-2;/h2,10-15,19H,5-8H2,1,3-4H3;3*1,3-4H2,2H3;/t10-,11+,12-,13+,14+,15-;;;;/m0..../s1. The summed E-state index contributed by atoms with van der Waals surface area (Å²) in [6.07, 6.45) is 9.14. The Hall–Kier alpha value is 0.669.